The minimum Gasteiger partial charge on any atom is -0.393 e. The molecule has 23 heavy (non-hydrogen) atoms. The van der Waals surface area contributed by atoms with E-state index in [1.54, 1.807) is 5.57 Å². The molecule has 0 saturated heterocycles. The second-order valence-corrected chi connectivity index (χ2v) is 9.62. The van der Waals surface area contributed by atoms with Crippen LogP contribution in [0.15, 0.2) is 11.6 Å². The fraction of sp³-hybridized carbons (Fsp3) is 0.905. The number of fused-ring (bicyclic) bond motifs is 5. The predicted octanol–water partition coefficient (Wildman–Crippen LogP) is 4.31. The van der Waals surface area contributed by atoms with E-state index in [1.807, 2.05) is 6.92 Å². The summed E-state index contributed by atoms with van der Waals surface area (Å²) in [7, 11) is 0. The molecule has 8 atom stereocenters. The molecular formula is C21H34O2. The van der Waals surface area contributed by atoms with Gasteiger partial charge in [-0.05, 0) is 92.8 Å². The highest BCUT2D eigenvalue weighted by atomic mass is 16.3. The van der Waals surface area contributed by atoms with Gasteiger partial charge >= 0.3 is 0 Å². The van der Waals surface area contributed by atoms with Crippen LogP contribution in [-0.4, -0.2) is 22.4 Å². The van der Waals surface area contributed by atoms with Crippen molar-refractivity contribution in [1.29, 1.82) is 0 Å². The molecule has 0 aromatic heterocycles. The van der Waals surface area contributed by atoms with Crippen LogP contribution in [0.1, 0.15) is 72.1 Å². The Morgan fingerprint density at radius 2 is 1.87 bits per heavy atom. The van der Waals surface area contributed by atoms with Gasteiger partial charge in [0.05, 0.1) is 12.2 Å². The highest BCUT2D eigenvalue weighted by Crippen LogP contribution is 2.66. The maximum absolute atomic E-state index is 10.3. The molecule has 5 unspecified atom stereocenters. The van der Waals surface area contributed by atoms with E-state index in [0.717, 1.165) is 30.6 Å². The summed E-state index contributed by atoms with van der Waals surface area (Å²) >= 11 is 0. The van der Waals surface area contributed by atoms with Crippen LogP contribution in [0.3, 0.4) is 0 Å². The fourth-order valence-corrected chi connectivity index (χ4v) is 7.47. The van der Waals surface area contributed by atoms with Gasteiger partial charge in [-0.2, -0.15) is 0 Å². The zero-order chi connectivity index (χ0) is 16.4. The van der Waals surface area contributed by atoms with Gasteiger partial charge in [0.25, 0.3) is 0 Å². The van der Waals surface area contributed by atoms with Crippen molar-refractivity contribution in [1.82, 2.24) is 0 Å². The van der Waals surface area contributed by atoms with Gasteiger partial charge < -0.3 is 10.2 Å². The fourth-order valence-electron chi connectivity index (χ4n) is 7.47. The molecule has 0 aromatic rings. The molecule has 2 heteroatoms. The molecule has 0 aromatic carbocycles. The zero-order valence-electron chi connectivity index (χ0n) is 15.1. The molecule has 0 aliphatic heterocycles. The molecule has 4 rings (SSSR count). The first-order valence-corrected chi connectivity index (χ1v) is 9.92. The van der Waals surface area contributed by atoms with E-state index < -0.39 is 0 Å². The first-order chi connectivity index (χ1) is 10.9. The zero-order valence-corrected chi connectivity index (χ0v) is 15.1. The molecule has 0 heterocycles. The third-order valence-corrected chi connectivity index (χ3v) is 8.73. The minimum atomic E-state index is -0.156. The van der Waals surface area contributed by atoms with Crippen LogP contribution in [0, 0.1) is 34.5 Å². The molecule has 0 spiro atoms. The van der Waals surface area contributed by atoms with Crippen LogP contribution < -0.4 is 0 Å². The molecule has 4 aliphatic rings. The maximum Gasteiger partial charge on any atom is 0.0577 e. The van der Waals surface area contributed by atoms with Crippen LogP contribution in [0.25, 0.3) is 0 Å². The summed E-state index contributed by atoms with van der Waals surface area (Å²) in [6.07, 6.45) is 11.7. The first-order valence-electron chi connectivity index (χ1n) is 9.92. The van der Waals surface area contributed by atoms with E-state index in [9.17, 15) is 10.2 Å². The number of allylic oxidation sites excluding steroid dienone is 1. The lowest BCUT2D eigenvalue weighted by molar-refractivity contribution is -0.0675. The van der Waals surface area contributed by atoms with E-state index in [-0.39, 0.29) is 12.2 Å². The maximum atomic E-state index is 10.3. The Balaban J connectivity index is 1.65. The van der Waals surface area contributed by atoms with E-state index in [1.165, 1.54) is 38.5 Å². The summed E-state index contributed by atoms with van der Waals surface area (Å²) in [6.45, 7) is 6.98. The molecular weight excluding hydrogens is 284 g/mol. The molecule has 130 valence electrons. The highest BCUT2D eigenvalue weighted by Gasteiger charge is 2.59. The number of hydrogen-bond acceptors (Lipinski definition) is 2. The number of aliphatic hydroxyl groups is 2. The van der Waals surface area contributed by atoms with Gasteiger partial charge in [-0.3, -0.25) is 0 Å². The van der Waals surface area contributed by atoms with Crippen molar-refractivity contribution < 1.29 is 10.2 Å². The van der Waals surface area contributed by atoms with Crippen molar-refractivity contribution in [2.75, 3.05) is 0 Å². The summed E-state index contributed by atoms with van der Waals surface area (Å²) in [5.74, 6) is 2.91. The molecule has 0 radical (unpaired) electrons. The van der Waals surface area contributed by atoms with Gasteiger partial charge in [-0.25, -0.2) is 0 Å². The van der Waals surface area contributed by atoms with E-state index >= 15 is 0 Å². The Labute approximate surface area is 141 Å². The Morgan fingerprint density at radius 3 is 2.61 bits per heavy atom. The van der Waals surface area contributed by atoms with Gasteiger partial charge in [0.2, 0.25) is 0 Å². The van der Waals surface area contributed by atoms with Crippen LogP contribution in [0.5, 0.6) is 0 Å². The van der Waals surface area contributed by atoms with Gasteiger partial charge in [-0.1, -0.05) is 25.5 Å². The van der Waals surface area contributed by atoms with E-state index in [2.05, 4.69) is 19.9 Å². The lowest BCUT2D eigenvalue weighted by atomic mass is 9.47. The van der Waals surface area contributed by atoms with Gasteiger partial charge in [0, 0.05) is 0 Å². The highest BCUT2D eigenvalue weighted by molar-refractivity contribution is 5.25. The normalized spacial score (nSPS) is 53.8. The average molecular weight is 319 g/mol. The summed E-state index contributed by atoms with van der Waals surface area (Å²) in [5, 5.41) is 20.4. The van der Waals surface area contributed by atoms with Crippen molar-refractivity contribution in [3.05, 3.63) is 11.6 Å². The van der Waals surface area contributed by atoms with Crippen molar-refractivity contribution in [3.63, 3.8) is 0 Å². The molecule has 2 nitrogen and oxygen atoms in total. The Hall–Kier alpha value is -0.340. The van der Waals surface area contributed by atoms with Crippen molar-refractivity contribution in [2.24, 2.45) is 34.5 Å². The van der Waals surface area contributed by atoms with Crippen LogP contribution in [-0.2, 0) is 0 Å². The second kappa shape index (κ2) is 5.33. The summed E-state index contributed by atoms with van der Waals surface area (Å²) in [5.41, 5.74) is 2.25. The van der Waals surface area contributed by atoms with Gasteiger partial charge in [0.1, 0.15) is 0 Å². The van der Waals surface area contributed by atoms with Gasteiger partial charge in [-0.15, -0.1) is 0 Å². The van der Waals surface area contributed by atoms with Crippen LogP contribution in [0.2, 0.25) is 0 Å². The average Bonchev–Trinajstić information content (AvgIpc) is 2.85. The van der Waals surface area contributed by atoms with Crippen LogP contribution >= 0.6 is 0 Å². The monoisotopic (exact) mass is 318 g/mol. The minimum absolute atomic E-state index is 0.106. The van der Waals surface area contributed by atoms with Crippen molar-refractivity contribution in [2.45, 2.75) is 84.3 Å². The largest absolute Gasteiger partial charge is 0.393 e. The SMILES string of the molecule is CC(O)[C@@H]1CCC2C3CC=C4CC(O)CC[C@]4(C)C3CC[C@@]21C. The first kappa shape index (κ1) is 16.1. The second-order valence-electron chi connectivity index (χ2n) is 9.62. The smallest absolute Gasteiger partial charge is 0.0577 e. The molecule has 3 fully saturated rings. The van der Waals surface area contributed by atoms with E-state index in [4.69, 9.17) is 0 Å². The molecule has 3 saturated carbocycles. The summed E-state index contributed by atoms with van der Waals surface area (Å²) in [4.78, 5) is 0. The number of rotatable bonds is 1. The predicted molar refractivity (Wildman–Crippen MR) is 92.9 cm³/mol. The Morgan fingerprint density at radius 1 is 1.09 bits per heavy atom. The Kier molecular flexibility index (Phi) is 3.74. The quantitative estimate of drug-likeness (QED) is 0.707. The third kappa shape index (κ3) is 2.20. The summed E-state index contributed by atoms with van der Waals surface area (Å²) < 4.78 is 0. The molecule has 2 N–H and O–H groups in total. The van der Waals surface area contributed by atoms with Crippen LogP contribution in [0.4, 0.5) is 0 Å². The standard InChI is InChI=1S/C21H34O2/c1-13(22)17-6-7-18-16-5-4-14-12-15(23)8-10-20(14,2)19(16)9-11-21(17,18)3/h4,13,15-19,22-23H,5-12H2,1-3H3/t13?,15?,16?,17-,18?,19?,20-,21+/m0/s1. The lowest BCUT2D eigenvalue weighted by Gasteiger charge is -2.58. The lowest BCUT2D eigenvalue weighted by Crippen LogP contribution is -2.51. The summed E-state index contributed by atoms with van der Waals surface area (Å²) in [6, 6.07) is 0. The van der Waals surface area contributed by atoms with Crippen molar-refractivity contribution in [3.8, 4) is 0 Å². The molecule has 0 amide bonds. The Bertz CT molecular complexity index is 510. The third-order valence-electron chi connectivity index (χ3n) is 8.73. The molecule has 0 bridgehead atoms. The topological polar surface area (TPSA) is 40.5 Å². The van der Waals surface area contributed by atoms with Crippen molar-refractivity contribution >= 4 is 0 Å². The van der Waals surface area contributed by atoms with E-state index in [0.29, 0.717) is 16.7 Å². The number of hydrogen-bond donors (Lipinski definition) is 2. The number of aliphatic hydroxyl groups excluding tert-OH is 2. The van der Waals surface area contributed by atoms with Gasteiger partial charge in [0.15, 0.2) is 0 Å². The molecule has 4 aliphatic carbocycles.